The molecule has 12 heteroatoms. The molecule has 0 unspecified atom stereocenters. The highest BCUT2D eigenvalue weighted by atomic mass is 35.7. The van der Waals surface area contributed by atoms with Crippen molar-refractivity contribution in [3.63, 3.8) is 0 Å². The van der Waals surface area contributed by atoms with Gasteiger partial charge in [-0.1, -0.05) is 13.8 Å². The van der Waals surface area contributed by atoms with Crippen LogP contribution in [0.25, 0.3) is 5.69 Å². The fourth-order valence-corrected chi connectivity index (χ4v) is 3.23. The molecule has 0 bridgehead atoms. The second-order valence-electron chi connectivity index (χ2n) is 5.14. The van der Waals surface area contributed by atoms with Gasteiger partial charge >= 0.3 is 6.18 Å². The maximum absolute atomic E-state index is 14.3. The van der Waals surface area contributed by atoms with Crippen molar-refractivity contribution in [1.29, 1.82) is 0 Å². The molecule has 1 aromatic carbocycles. The third-order valence-corrected chi connectivity index (χ3v) is 4.46. The van der Waals surface area contributed by atoms with Gasteiger partial charge in [-0.15, -0.1) is 5.10 Å². The summed E-state index contributed by atoms with van der Waals surface area (Å²) in [4.78, 5) is 2.56. The van der Waals surface area contributed by atoms with E-state index in [4.69, 9.17) is 16.4 Å². The van der Waals surface area contributed by atoms with Gasteiger partial charge in [-0.2, -0.15) is 22.8 Å². The van der Waals surface area contributed by atoms with Gasteiger partial charge < -0.3 is 5.73 Å². The van der Waals surface area contributed by atoms with Gasteiger partial charge in [-0.3, -0.25) is 0 Å². The largest absolute Gasteiger partial charge is 0.453 e. The molecule has 0 radical (unpaired) electrons. The average Bonchev–Trinajstić information content (AvgIpc) is 2.79. The summed E-state index contributed by atoms with van der Waals surface area (Å²) in [7, 11) is 1.05. The number of halogens is 5. The Bertz CT molecular complexity index is 893. The van der Waals surface area contributed by atoms with E-state index in [-0.39, 0.29) is 5.56 Å². The molecule has 2 aromatic rings. The fraction of sp³-hybridized carbons (Fsp3) is 0.333. The van der Waals surface area contributed by atoms with Crippen LogP contribution in [0.5, 0.6) is 0 Å². The number of rotatable bonds is 3. The van der Waals surface area contributed by atoms with Crippen LogP contribution >= 0.6 is 10.7 Å². The molecule has 0 saturated carbocycles. The number of hydrogen-bond acceptors (Lipinski definition) is 5. The van der Waals surface area contributed by atoms with Crippen LogP contribution in [0.2, 0.25) is 0 Å². The van der Waals surface area contributed by atoms with Crippen molar-refractivity contribution in [3.8, 4) is 5.69 Å². The van der Waals surface area contributed by atoms with E-state index in [1.54, 1.807) is 13.8 Å². The Morgan fingerprint density at radius 3 is 2.29 bits per heavy atom. The molecule has 0 aliphatic carbocycles. The predicted octanol–water partition coefficient (Wildman–Crippen LogP) is 3.06. The summed E-state index contributed by atoms with van der Waals surface area (Å²) in [6.07, 6.45) is -4.89. The first-order chi connectivity index (χ1) is 10.8. The van der Waals surface area contributed by atoms with E-state index in [1.165, 1.54) is 0 Å². The lowest BCUT2D eigenvalue weighted by Gasteiger charge is -2.13. The SMILES string of the molecule is CC(C)c1cc(F)c(-n2nc(C(F)(F)F)nc2N)cc1S(=O)(=O)Cl. The van der Waals surface area contributed by atoms with Crippen LogP contribution in [0.4, 0.5) is 23.5 Å². The molecule has 1 aromatic heterocycles. The number of anilines is 1. The summed E-state index contributed by atoms with van der Waals surface area (Å²) in [5, 5.41) is 3.09. The zero-order valence-electron chi connectivity index (χ0n) is 12.3. The monoisotopic (exact) mass is 386 g/mol. The molecule has 2 N–H and O–H groups in total. The van der Waals surface area contributed by atoms with E-state index in [9.17, 15) is 26.0 Å². The van der Waals surface area contributed by atoms with Crippen LogP contribution in [0.3, 0.4) is 0 Å². The molecule has 0 atom stereocenters. The summed E-state index contributed by atoms with van der Waals surface area (Å²) in [5.74, 6) is -3.76. The minimum absolute atomic E-state index is 0.0704. The lowest BCUT2D eigenvalue weighted by atomic mass is 10.0. The van der Waals surface area contributed by atoms with Crippen molar-refractivity contribution in [1.82, 2.24) is 14.8 Å². The van der Waals surface area contributed by atoms with Gasteiger partial charge in [0.05, 0.1) is 4.90 Å². The van der Waals surface area contributed by atoms with Crippen molar-refractivity contribution in [2.75, 3.05) is 5.73 Å². The highest BCUT2D eigenvalue weighted by molar-refractivity contribution is 8.13. The molecule has 2 rings (SSSR count). The number of nitrogens with zero attached hydrogens (tertiary/aromatic N) is 3. The maximum Gasteiger partial charge on any atom is 0.453 e. The summed E-state index contributed by atoms with van der Waals surface area (Å²) >= 11 is 0. The fourth-order valence-electron chi connectivity index (χ4n) is 2.00. The second kappa shape index (κ2) is 5.88. The van der Waals surface area contributed by atoms with E-state index in [0.717, 1.165) is 12.1 Å². The van der Waals surface area contributed by atoms with Crippen LogP contribution in [-0.4, -0.2) is 23.2 Å². The number of aromatic nitrogens is 3. The first-order valence-electron chi connectivity index (χ1n) is 6.40. The molecular formula is C12H11ClF4N4O2S. The van der Waals surface area contributed by atoms with Gasteiger partial charge in [-0.05, 0) is 23.6 Å². The maximum atomic E-state index is 14.3. The van der Waals surface area contributed by atoms with Crippen LogP contribution in [-0.2, 0) is 15.2 Å². The molecule has 0 aliphatic rings. The molecule has 1 heterocycles. The highest BCUT2D eigenvalue weighted by Crippen LogP contribution is 2.32. The number of alkyl halides is 3. The van der Waals surface area contributed by atoms with Crippen LogP contribution in [0, 0.1) is 5.82 Å². The van der Waals surface area contributed by atoms with E-state index in [0.29, 0.717) is 4.68 Å². The van der Waals surface area contributed by atoms with Gasteiger partial charge in [0.1, 0.15) is 11.5 Å². The summed E-state index contributed by atoms with van der Waals surface area (Å²) in [5.41, 5.74) is 4.79. The number of nitrogen functional groups attached to an aromatic ring is 1. The van der Waals surface area contributed by atoms with Crippen molar-refractivity contribution >= 4 is 25.7 Å². The smallest absolute Gasteiger partial charge is 0.368 e. The predicted molar refractivity (Wildman–Crippen MR) is 77.9 cm³/mol. The second-order valence-corrected chi connectivity index (χ2v) is 7.67. The van der Waals surface area contributed by atoms with Crippen LogP contribution in [0.1, 0.15) is 31.2 Å². The van der Waals surface area contributed by atoms with Gasteiger partial charge in [0, 0.05) is 10.7 Å². The quantitative estimate of drug-likeness (QED) is 0.646. The number of benzene rings is 1. The van der Waals surface area contributed by atoms with Crippen molar-refractivity contribution < 1.29 is 26.0 Å². The highest BCUT2D eigenvalue weighted by Gasteiger charge is 2.37. The zero-order chi connectivity index (χ0) is 18.4. The minimum atomic E-state index is -4.89. The van der Waals surface area contributed by atoms with Gasteiger partial charge in [0.25, 0.3) is 14.9 Å². The van der Waals surface area contributed by atoms with E-state index >= 15 is 0 Å². The molecule has 0 spiro atoms. The molecule has 0 fully saturated rings. The van der Waals surface area contributed by atoms with E-state index in [2.05, 4.69) is 10.1 Å². The Morgan fingerprint density at radius 1 is 1.29 bits per heavy atom. The van der Waals surface area contributed by atoms with E-state index in [1.807, 2.05) is 0 Å². The Morgan fingerprint density at radius 2 is 1.88 bits per heavy atom. The normalized spacial score (nSPS) is 12.8. The topological polar surface area (TPSA) is 90.9 Å². The van der Waals surface area contributed by atoms with Crippen LogP contribution < -0.4 is 5.73 Å². The van der Waals surface area contributed by atoms with Crippen molar-refractivity contribution in [3.05, 3.63) is 29.3 Å². The number of hydrogen-bond donors (Lipinski definition) is 1. The molecule has 0 saturated heterocycles. The van der Waals surface area contributed by atoms with E-state index < -0.39 is 49.3 Å². The Labute approximate surface area is 138 Å². The summed E-state index contributed by atoms with van der Waals surface area (Å²) < 4.78 is 75.9. The van der Waals surface area contributed by atoms with Gasteiger partial charge in [-0.25, -0.2) is 12.8 Å². The molecular weight excluding hydrogens is 376 g/mol. The van der Waals surface area contributed by atoms with Gasteiger partial charge in [0.2, 0.25) is 5.95 Å². The van der Waals surface area contributed by atoms with Gasteiger partial charge in [0.15, 0.2) is 0 Å². The average molecular weight is 387 g/mol. The lowest BCUT2D eigenvalue weighted by molar-refractivity contribution is -0.144. The molecule has 24 heavy (non-hydrogen) atoms. The molecule has 6 nitrogen and oxygen atoms in total. The summed E-state index contributed by atoms with van der Waals surface area (Å²) in [6, 6.07) is 1.64. The van der Waals surface area contributed by atoms with Crippen molar-refractivity contribution in [2.45, 2.75) is 30.8 Å². The molecule has 0 aliphatic heterocycles. The Hall–Kier alpha value is -1.88. The third-order valence-electron chi connectivity index (χ3n) is 3.08. The first kappa shape index (κ1) is 18.5. The van der Waals surface area contributed by atoms with Crippen LogP contribution in [0.15, 0.2) is 17.0 Å². The van der Waals surface area contributed by atoms with Crippen molar-refractivity contribution in [2.24, 2.45) is 0 Å². The lowest BCUT2D eigenvalue weighted by Crippen LogP contribution is -2.11. The molecule has 132 valence electrons. The Balaban J connectivity index is 2.75. The summed E-state index contributed by atoms with van der Waals surface area (Å²) in [6.45, 7) is 3.21. The number of nitrogens with two attached hydrogens (primary N) is 1. The zero-order valence-corrected chi connectivity index (χ0v) is 13.8. The minimum Gasteiger partial charge on any atom is -0.368 e. The standard InChI is InChI=1S/C12H11ClF4N4O2S/c1-5(2)6-3-7(14)8(4-9(6)24(13,22)23)21-11(18)19-10(20-21)12(15,16)17/h3-5H,1-2H3,(H2,18,19,20). The Kier molecular flexibility index (Phi) is 4.53. The first-order valence-corrected chi connectivity index (χ1v) is 8.71. The third kappa shape index (κ3) is 3.46. The molecule has 0 amide bonds.